The van der Waals surface area contributed by atoms with Crippen LogP contribution in [0.25, 0.3) is 0 Å². The summed E-state index contributed by atoms with van der Waals surface area (Å²) in [7, 11) is -3.95. The van der Waals surface area contributed by atoms with Crippen molar-refractivity contribution in [3.63, 3.8) is 0 Å². The lowest BCUT2D eigenvalue weighted by Gasteiger charge is -2.33. The number of piperidine rings is 1. The number of hydrogen-bond acceptors (Lipinski definition) is 8. The number of carbonyl (C=O) groups excluding carboxylic acids is 1. The summed E-state index contributed by atoms with van der Waals surface area (Å²) in [4.78, 5) is 22.7. The first kappa shape index (κ1) is 26.9. The highest BCUT2D eigenvalue weighted by Gasteiger charge is 2.41. The zero-order valence-electron chi connectivity index (χ0n) is 21.4. The number of anilines is 2. The van der Waals surface area contributed by atoms with Crippen LogP contribution in [0.2, 0.25) is 5.28 Å². The van der Waals surface area contributed by atoms with Crippen LogP contribution in [0.15, 0.2) is 29.2 Å². The van der Waals surface area contributed by atoms with Crippen LogP contribution in [0, 0.1) is 24.2 Å². The topological polar surface area (TPSA) is 129 Å². The molecule has 1 saturated heterocycles. The van der Waals surface area contributed by atoms with Crippen LogP contribution in [0.3, 0.4) is 0 Å². The Balaban J connectivity index is 1.50. The third-order valence-electron chi connectivity index (χ3n) is 6.42. The van der Waals surface area contributed by atoms with Crippen molar-refractivity contribution in [2.75, 3.05) is 35.8 Å². The molecule has 1 N–H and O–H groups in total. The van der Waals surface area contributed by atoms with Gasteiger partial charge in [0.2, 0.25) is 5.28 Å². The van der Waals surface area contributed by atoms with E-state index >= 15 is 0 Å². The quantitative estimate of drug-likeness (QED) is 0.549. The zero-order valence-corrected chi connectivity index (χ0v) is 22.9. The number of halogens is 1. The second kappa shape index (κ2) is 10.3. The number of ether oxygens (including phenoxy) is 1. The second-order valence-corrected chi connectivity index (χ2v) is 12.6. The van der Waals surface area contributed by atoms with E-state index in [9.17, 15) is 18.5 Å². The van der Waals surface area contributed by atoms with Gasteiger partial charge in [0.1, 0.15) is 11.4 Å². The Morgan fingerprint density at radius 1 is 1.22 bits per heavy atom. The molecular weight excluding hydrogens is 516 g/mol. The Bertz CT molecular complexity index is 1310. The standard InChI is InChI=1S/C25H31ClN6O4S/c1-16-5-7-19(8-6-16)37(34,35)32-15-18(13-27)20-21(29-23(26)30-22(20)32)28-14-17-9-11-31(12-10-17)24(33)36-25(2,3)4/h5-8,17-18H,9-12,14-15H2,1-4H3,(H,28,29,30). The molecule has 1 unspecified atom stereocenters. The van der Waals surface area contributed by atoms with E-state index < -0.39 is 21.5 Å². The number of nitrogens with one attached hydrogen (secondary N) is 1. The molecule has 2 aromatic rings. The highest BCUT2D eigenvalue weighted by Crippen LogP contribution is 2.42. The normalized spacial score (nSPS) is 18.3. The van der Waals surface area contributed by atoms with E-state index in [1.807, 2.05) is 27.7 Å². The van der Waals surface area contributed by atoms with Crippen molar-refractivity contribution in [2.24, 2.45) is 5.92 Å². The predicted octanol–water partition coefficient (Wildman–Crippen LogP) is 4.31. The van der Waals surface area contributed by atoms with E-state index in [1.54, 1.807) is 17.0 Å². The van der Waals surface area contributed by atoms with Crippen LogP contribution in [0.4, 0.5) is 16.4 Å². The third kappa shape index (κ3) is 5.91. The van der Waals surface area contributed by atoms with Crippen molar-refractivity contribution in [3.05, 3.63) is 40.7 Å². The average molecular weight is 547 g/mol. The van der Waals surface area contributed by atoms with Gasteiger partial charge in [0.15, 0.2) is 5.82 Å². The van der Waals surface area contributed by atoms with Crippen LogP contribution in [-0.4, -0.2) is 61.2 Å². The highest BCUT2D eigenvalue weighted by atomic mass is 35.5. The number of hydrogen-bond donors (Lipinski definition) is 1. The Labute approximate surface area is 222 Å². The van der Waals surface area contributed by atoms with Crippen molar-refractivity contribution < 1.29 is 17.9 Å². The molecule has 198 valence electrons. The molecule has 1 aromatic heterocycles. The number of nitriles is 1. The monoisotopic (exact) mass is 546 g/mol. The molecule has 0 spiro atoms. The number of aromatic nitrogens is 2. The van der Waals surface area contributed by atoms with E-state index in [2.05, 4.69) is 21.4 Å². The lowest BCUT2D eigenvalue weighted by molar-refractivity contribution is 0.0188. The summed E-state index contributed by atoms with van der Waals surface area (Å²) in [5, 5.41) is 13.0. The van der Waals surface area contributed by atoms with Crippen LogP contribution >= 0.6 is 11.6 Å². The van der Waals surface area contributed by atoms with Gasteiger partial charge in [-0.05, 0) is 70.2 Å². The fraction of sp³-hybridized carbons (Fsp3) is 0.520. The Kier molecular flexibility index (Phi) is 7.53. The molecule has 37 heavy (non-hydrogen) atoms. The fourth-order valence-electron chi connectivity index (χ4n) is 4.46. The summed E-state index contributed by atoms with van der Waals surface area (Å²) in [5.41, 5.74) is 0.818. The number of rotatable bonds is 5. The summed E-state index contributed by atoms with van der Waals surface area (Å²) in [5.74, 6) is -0.0199. The Morgan fingerprint density at radius 3 is 2.46 bits per heavy atom. The minimum absolute atomic E-state index is 0.0694. The number of aryl methyl sites for hydroxylation is 1. The van der Waals surface area contributed by atoms with Gasteiger partial charge in [-0.25, -0.2) is 22.5 Å². The van der Waals surface area contributed by atoms with Gasteiger partial charge < -0.3 is 15.0 Å². The molecule has 0 radical (unpaired) electrons. The maximum absolute atomic E-state index is 13.4. The second-order valence-electron chi connectivity index (χ2n) is 10.4. The number of likely N-dealkylation sites (tertiary alicyclic amines) is 1. The van der Waals surface area contributed by atoms with Gasteiger partial charge in [0.05, 0.1) is 29.0 Å². The molecule has 0 aliphatic carbocycles. The number of sulfonamides is 1. The molecule has 0 bridgehead atoms. The van der Waals surface area contributed by atoms with E-state index in [-0.39, 0.29) is 34.6 Å². The molecule has 0 saturated carbocycles. The van der Waals surface area contributed by atoms with Crippen molar-refractivity contribution >= 4 is 39.4 Å². The number of fused-ring (bicyclic) bond motifs is 1. The van der Waals surface area contributed by atoms with Gasteiger partial charge in [0.25, 0.3) is 10.0 Å². The summed E-state index contributed by atoms with van der Waals surface area (Å²) in [6.07, 6.45) is 1.22. The van der Waals surface area contributed by atoms with Gasteiger partial charge in [-0.1, -0.05) is 17.7 Å². The van der Waals surface area contributed by atoms with Gasteiger partial charge in [-0.15, -0.1) is 0 Å². The minimum atomic E-state index is -3.95. The summed E-state index contributed by atoms with van der Waals surface area (Å²) in [6, 6.07) is 8.71. The molecule has 1 aromatic carbocycles. The van der Waals surface area contributed by atoms with Crippen LogP contribution < -0.4 is 9.62 Å². The van der Waals surface area contributed by atoms with Crippen molar-refractivity contribution in [2.45, 2.75) is 57.0 Å². The molecule has 2 aliphatic heterocycles. The van der Waals surface area contributed by atoms with Crippen LogP contribution in [-0.2, 0) is 14.8 Å². The molecule has 4 rings (SSSR count). The average Bonchev–Trinajstić information content (AvgIpc) is 3.21. The lowest BCUT2D eigenvalue weighted by atomic mass is 9.96. The van der Waals surface area contributed by atoms with Crippen LogP contribution in [0.5, 0.6) is 0 Å². The van der Waals surface area contributed by atoms with Gasteiger partial charge in [0, 0.05) is 19.6 Å². The number of carbonyl (C=O) groups is 1. The van der Waals surface area contributed by atoms with Crippen molar-refractivity contribution in [3.8, 4) is 6.07 Å². The Morgan fingerprint density at radius 2 is 1.86 bits per heavy atom. The van der Waals surface area contributed by atoms with Gasteiger partial charge >= 0.3 is 6.09 Å². The lowest BCUT2D eigenvalue weighted by Crippen LogP contribution is -2.42. The molecule has 1 amide bonds. The van der Waals surface area contributed by atoms with E-state index in [0.717, 1.165) is 22.7 Å². The minimum Gasteiger partial charge on any atom is -0.444 e. The van der Waals surface area contributed by atoms with E-state index in [1.165, 1.54) is 12.1 Å². The largest absolute Gasteiger partial charge is 0.444 e. The maximum atomic E-state index is 13.4. The SMILES string of the molecule is Cc1ccc(S(=O)(=O)N2CC(C#N)c3c(NCC4CCN(C(=O)OC(C)(C)C)CC4)nc(Cl)nc32)cc1. The molecule has 3 heterocycles. The first-order valence-corrected chi connectivity index (χ1v) is 14.0. The summed E-state index contributed by atoms with van der Waals surface area (Å²) in [6.45, 7) is 9.02. The number of nitrogens with zero attached hydrogens (tertiary/aromatic N) is 5. The molecule has 1 atom stereocenters. The molecule has 10 nitrogen and oxygen atoms in total. The number of benzene rings is 1. The first-order chi connectivity index (χ1) is 17.4. The maximum Gasteiger partial charge on any atom is 0.410 e. The Hall–Kier alpha value is -3.10. The fourth-order valence-corrected chi connectivity index (χ4v) is 6.07. The third-order valence-corrected chi connectivity index (χ3v) is 8.36. The summed E-state index contributed by atoms with van der Waals surface area (Å²) < 4.78 is 33.4. The molecule has 1 fully saturated rings. The van der Waals surface area contributed by atoms with Crippen molar-refractivity contribution in [1.82, 2.24) is 14.9 Å². The van der Waals surface area contributed by atoms with Crippen molar-refractivity contribution in [1.29, 1.82) is 5.26 Å². The highest BCUT2D eigenvalue weighted by molar-refractivity contribution is 7.92. The van der Waals surface area contributed by atoms with Gasteiger partial charge in [-0.3, -0.25) is 0 Å². The van der Waals surface area contributed by atoms with E-state index in [4.69, 9.17) is 16.3 Å². The smallest absolute Gasteiger partial charge is 0.410 e. The zero-order chi connectivity index (χ0) is 27.0. The van der Waals surface area contributed by atoms with Gasteiger partial charge in [-0.2, -0.15) is 10.2 Å². The molecule has 2 aliphatic rings. The van der Waals surface area contributed by atoms with E-state index in [0.29, 0.717) is 31.0 Å². The summed E-state index contributed by atoms with van der Waals surface area (Å²) >= 11 is 6.21. The predicted molar refractivity (Wildman–Crippen MR) is 140 cm³/mol. The molecule has 12 heteroatoms. The first-order valence-electron chi connectivity index (χ1n) is 12.2. The van der Waals surface area contributed by atoms with Crippen LogP contribution in [0.1, 0.15) is 50.7 Å². The number of amides is 1. The molecular formula is C25H31ClN6O4S.